The number of carbonyl (C=O) groups is 2. The first-order valence-corrected chi connectivity index (χ1v) is 10.1. The molecule has 1 heterocycles. The van der Waals surface area contributed by atoms with Crippen LogP contribution in [-0.2, 0) is 25.7 Å². The molecule has 0 bridgehead atoms. The number of benzene rings is 2. The number of hydrogen-bond donors (Lipinski definition) is 0. The second kappa shape index (κ2) is 10.6. The fraction of sp³-hybridized carbons (Fsp3) is 0.261. The van der Waals surface area contributed by atoms with E-state index in [0.29, 0.717) is 6.42 Å². The summed E-state index contributed by atoms with van der Waals surface area (Å²) in [6.45, 7) is 0.455. The van der Waals surface area contributed by atoms with Crippen LogP contribution in [0.5, 0.6) is 11.5 Å². The standard InChI is InChI=1S/C23H23NO6S/c1-27-18-9-5-16(6-10-18)14-20-22(26)24(23(31)30-20)13-3-4-21(25)29-15-17-7-11-19(28-2)12-8-17/h5-12,14H,3-4,13,15H2,1-2H3. The first kappa shape index (κ1) is 22.3. The molecule has 3 rings (SSSR count). The van der Waals surface area contributed by atoms with Gasteiger partial charge in [-0.25, -0.2) is 0 Å². The van der Waals surface area contributed by atoms with Crippen LogP contribution in [0.15, 0.2) is 54.3 Å². The molecule has 1 saturated heterocycles. The fourth-order valence-electron chi connectivity index (χ4n) is 2.88. The quantitative estimate of drug-likeness (QED) is 0.334. The highest BCUT2D eigenvalue weighted by Gasteiger charge is 2.33. The van der Waals surface area contributed by atoms with Gasteiger partial charge in [0.25, 0.3) is 11.1 Å². The Labute approximate surface area is 186 Å². The molecule has 8 heteroatoms. The lowest BCUT2D eigenvalue weighted by molar-refractivity contribution is -0.145. The molecule has 1 amide bonds. The predicted molar refractivity (Wildman–Crippen MR) is 118 cm³/mol. The highest BCUT2D eigenvalue weighted by atomic mass is 32.1. The van der Waals surface area contributed by atoms with Crippen molar-refractivity contribution in [3.63, 3.8) is 0 Å². The fourth-order valence-corrected chi connectivity index (χ4v) is 3.15. The molecule has 0 aromatic heterocycles. The van der Waals surface area contributed by atoms with Gasteiger partial charge < -0.3 is 18.9 Å². The molecule has 7 nitrogen and oxygen atoms in total. The van der Waals surface area contributed by atoms with Gasteiger partial charge in [0.15, 0.2) is 5.76 Å². The summed E-state index contributed by atoms with van der Waals surface area (Å²) in [4.78, 5) is 25.9. The number of esters is 1. The van der Waals surface area contributed by atoms with Crippen molar-refractivity contribution < 1.29 is 28.5 Å². The van der Waals surface area contributed by atoms with Crippen LogP contribution in [0.3, 0.4) is 0 Å². The van der Waals surface area contributed by atoms with Crippen molar-refractivity contribution in [3.05, 3.63) is 65.4 Å². The second-order valence-electron chi connectivity index (χ2n) is 6.72. The molecule has 0 aliphatic carbocycles. The molecule has 31 heavy (non-hydrogen) atoms. The summed E-state index contributed by atoms with van der Waals surface area (Å²) in [5.74, 6) is 0.939. The third kappa shape index (κ3) is 6.05. The lowest BCUT2D eigenvalue weighted by Crippen LogP contribution is -2.30. The molecule has 0 atom stereocenters. The molecule has 0 unspecified atom stereocenters. The summed E-state index contributed by atoms with van der Waals surface area (Å²) in [5, 5.41) is 0.0800. The Morgan fingerprint density at radius 2 is 1.65 bits per heavy atom. The van der Waals surface area contributed by atoms with Crippen molar-refractivity contribution in [1.82, 2.24) is 4.90 Å². The van der Waals surface area contributed by atoms with Gasteiger partial charge in [0, 0.05) is 13.0 Å². The van der Waals surface area contributed by atoms with Crippen molar-refractivity contribution in [3.8, 4) is 11.5 Å². The van der Waals surface area contributed by atoms with Gasteiger partial charge in [0.1, 0.15) is 18.1 Å². The maximum atomic E-state index is 12.6. The molecule has 2 aromatic carbocycles. The van der Waals surface area contributed by atoms with E-state index in [1.165, 1.54) is 4.90 Å². The van der Waals surface area contributed by atoms with Gasteiger partial charge in [0.05, 0.1) is 14.2 Å². The van der Waals surface area contributed by atoms with Crippen LogP contribution in [0.2, 0.25) is 0 Å². The van der Waals surface area contributed by atoms with Gasteiger partial charge in [-0.3, -0.25) is 14.5 Å². The maximum Gasteiger partial charge on any atom is 0.306 e. The minimum atomic E-state index is -0.344. The van der Waals surface area contributed by atoms with Crippen molar-refractivity contribution in [2.75, 3.05) is 20.8 Å². The molecular formula is C23H23NO6S. The Hall–Kier alpha value is -3.39. The largest absolute Gasteiger partial charge is 0.497 e. The minimum absolute atomic E-state index is 0.0800. The topological polar surface area (TPSA) is 74.3 Å². The van der Waals surface area contributed by atoms with Gasteiger partial charge in [-0.05, 0) is 60.1 Å². The van der Waals surface area contributed by atoms with E-state index in [2.05, 4.69) is 0 Å². The van der Waals surface area contributed by atoms with Gasteiger partial charge in [-0.15, -0.1) is 0 Å². The SMILES string of the molecule is COc1ccc(C=C2OC(=S)N(CCCC(=O)OCc3ccc(OC)cc3)C2=O)cc1. The Morgan fingerprint density at radius 3 is 2.26 bits per heavy atom. The maximum absolute atomic E-state index is 12.6. The number of ether oxygens (including phenoxy) is 4. The van der Waals surface area contributed by atoms with E-state index in [4.69, 9.17) is 31.2 Å². The van der Waals surface area contributed by atoms with Crippen LogP contribution in [0.1, 0.15) is 24.0 Å². The van der Waals surface area contributed by atoms with Crippen LogP contribution in [-0.4, -0.2) is 42.7 Å². The Kier molecular flexibility index (Phi) is 7.61. The monoisotopic (exact) mass is 441 g/mol. The molecule has 1 aliphatic heterocycles. The zero-order valence-electron chi connectivity index (χ0n) is 17.3. The van der Waals surface area contributed by atoms with E-state index in [1.807, 2.05) is 24.3 Å². The summed E-state index contributed by atoms with van der Waals surface area (Å²) >= 11 is 5.16. The van der Waals surface area contributed by atoms with E-state index in [0.717, 1.165) is 22.6 Å². The van der Waals surface area contributed by atoms with Crippen molar-refractivity contribution in [1.29, 1.82) is 0 Å². The summed E-state index contributed by atoms with van der Waals surface area (Å²) in [6.07, 6.45) is 2.20. The van der Waals surface area contributed by atoms with E-state index in [-0.39, 0.29) is 42.4 Å². The van der Waals surface area contributed by atoms with Gasteiger partial charge >= 0.3 is 5.97 Å². The van der Waals surface area contributed by atoms with Crippen LogP contribution in [0, 0.1) is 0 Å². The van der Waals surface area contributed by atoms with Crippen molar-refractivity contribution >= 4 is 35.3 Å². The zero-order valence-corrected chi connectivity index (χ0v) is 18.1. The summed E-state index contributed by atoms with van der Waals surface area (Å²) in [7, 11) is 3.18. The Morgan fingerprint density at radius 1 is 1.03 bits per heavy atom. The summed E-state index contributed by atoms with van der Waals surface area (Å²) in [6, 6.07) is 14.5. The molecule has 162 valence electrons. The Bertz CT molecular complexity index is 969. The summed E-state index contributed by atoms with van der Waals surface area (Å²) in [5.41, 5.74) is 1.66. The van der Waals surface area contributed by atoms with Crippen molar-refractivity contribution in [2.45, 2.75) is 19.4 Å². The number of rotatable bonds is 9. The van der Waals surface area contributed by atoms with Crippen molar-refractivity contribution in [2.24, 2.45) is 0 Å². The molecule has 1 fully saturated rings. The molecule has 2 aromatic rings. The smallest absolute Gasteiger partial charge is 0.306 e. The molecular weight excluding hydrogens is 418 g/mol. The third-order valence-corrected chi connectivity index (χ3v) is 4.91. The lowest BCUT2D eigenvalue weighted by atomic mass is 10.2. The van der Waals surface area contributed by atoms with E-state index in [9.17, 15) is 9.59 Å². The first-order chi connectivity index (χ1) is 15.0. The average Bonchev–Trinajstić information content (AvgIpc) is 3.05. The molecule has 0 spiro atoms. The average molecular weight is 442 g/mol. The zero-order chi connectivity index (χ0) is 22.2. The number of nitrogens with zero attached hydrogens (tertiary/aromatic N) is 1. The van der Waals surface area contributed by atoms with Gasteiger partial charge in [-0.2, -0.15) is 0 Å². The number of methoxy groups -OCH3 is 2. The number of thiocarbonyl (C=S) groups is 1. The number of amides is 1. The molecule has 0 radical (unpaired) electrons. The minimum Gasteiger partial charge on any atom is -0.497 e. The summed E-state index contributed by atoms with van der Waals surface area (Å²) < 4.78 is 20.9. The highest BCUT2D eigenvalue weighted by molar-refractivity contribution is 7.80. The normalized spacial score (nSPS) is 14.5. The van der Waals surface area contributed by atoms with Crippen LogP contribution in [0.4, 0.5) is 0 Å². The predicted octanol–water partition coefficient (Wildman–Crippen LogP) is 3.71. The van der Waals surface area contributed by atoms with Crippen LogP contribution in [0.25, 0.3) is 6.08 Å². The number of hydrogen-bond acceptors (Lipinski definition) is 7. The Balaban J connectivity index is 1.46. The van der Waals surface area contributed by atoms with Crippen LogP contribution >= 0.6 is 12.2 Å². The number of carbonyl (C=O) groups excluding carboxylic acids is 2. The van der Waals surface area contributed by atoms with E-state index < -0.39 is 0 Å². The second-order valence-corrected chi connectivity index (χ2v) is 7.07. The third-order valence-electron chi connectivity index (χ3n) is 4.61. The first-order valence-electron chi connectivity index (χ1n) is 9.68. The van der Waals surface area contributed by atoms with Gasteiger partial charge in [-0.1, -0.05) is 24.3 Å². The van der Waals surface area contributed by atoms with E-state index >= 15 is 0 Å². The molecule has 0 saturated carbocycles. The van der Waals surface area contributed by atoms with Crippen LogP contribution < -0.4 is 9.47 Å². The molecule has 0 N–H and O–H groups in total. The van der Waals surface area contributed by atoms with Gasteiger partial charge in [0.2, 0.25) is 0 Å². The molecule has 1 aliphatic rings. The highest BCUT2D eigenvalue weighted by Crippen LogP contribution is 2.22. The van der Waals surface area contributed by atoms with E-state index in [1.54, 1.807) is 44.6 Å². The lowest BCUT2D eigenvalue weighted by Gasteiger charge is -2.11.